The fraction of sp³-hybridized carbons (Fsp3) is 0.381. The van der Waals surface area contributed by atoms with Crippen LogP contribution in [0.1, 0.15) is 40.5 Å². The van der Waals surface area contributed by atoms with Gasteiger partial charge in [0.2, 0.25) is 0 Å². The van der Waals surface area contributed by atoms with Crippen LogP contribution in [0.5, 0.6) is 0 Å². The minimum absolute atomic E-state index is 0.00216. The van der Waals surface area contributed by atoms with Gasteiger partial charge in [-0.2, -0.15) is 18.3 Å². The van der Waals surface area contributed by atoms with Crippen molar-refractivity contribution in [1.29, 1.82) is 0 Å². The molecule has 35 heavy (non-hydrogen) atoms. The summed E-state index contributed by atoms with van der Waals surface area (Å²) < 4.78 is 53.0. The van der Waals surface area contributed by atoms with Crippen LogP contribution in [-0.4, -0.2) is 67.9 Å². The van der Waals surface area contributed by atoms with Crippen molar-refractivity contribution in [3.8, 4) is 0 Å². The highest BCUT2D eigenvalue weighted by Crippen LogP contribution is 2.37. The van der Waals surface area contributed by atoms with Crippen molar-refractivity contribution in [3.63, 3.8) is 0 Å². The summed E-state index contributed by atoms with van der Waals surface area (Å²) in [5.41, 5.74) is 2.87. The lowest BCUT2D eigenvalue weighted by atomic mass is 10.0. The minimum Gasteiger partial charge on any atom is -0.477 e. The standard InChI is InChI=1S/C21H21F4N7O3/c1-30(29-20(35)21(23,24)25)7-4-15-13(9-12(22)10-26-15)16-3-2-6-31(16)17-5-8-32-18(28-17)14(11-27-32)19(33)34/h5,8-11,16H,2-4,6-7H2,1H3,(H,29,35)(H,33,34)/t16-/m1/s1. The monoisotopic (exact) mass is 495 g/mol. The summed E-state index contributed by atoms with van der Waals surface area (Å²) in [6.45, 7) is 0.573. The number of nitrogens with zero attached hydrogens (tertiary/aromatic N) is 6. The van der Waals surface area contributed by atoms with Crippen LogP contribution in [0.15, 0.2) is 30.7 Å². The first-order chi connectivity index (χ1) is 16.5. The summed E-state index contributed by atoms with van der Waals surface area (Å²) in [5, 5.41) is 14.4. The first-order valence-electron chi connectivity index (χ1n) is 10.6. The molecular formula is C21H21F4N7O3. The highest BCUT2D eigenvalue weighted by Gasteiger charge is 2.39. The smallest absolute Gasteiger partial charge is 0.472 e. The number of halogens is 4. The van der Waals surface area contributed by atoms with E-state index < -0.39 is 23.9 Å². The van der Waals surface area contributed by atoms with E-state index in [1.165, 1.54) is 23.8 Å². The van der Waals surface area contributed by atoms with Gasteiger partial charge in [0, 0.05) is 38.4 Å². The molecule has 3 aromatic heterocycles. The average Bonchev–Trinajstić information content (AvgIpc) is 3.44. The summed E-state index contributed by atoms with van der Waals surface area (Å²) >= 11 is 0. The van der Waals surface area contributed by atoms with Crippen LogP contribution in [0.3, 0.4) is 0 Å². The zero-order chi connectivity index (χ0) is 25.3. The van der Waals surface area contributed by atoms with Crippen LogP contribution in [0, 0.1) is 5.82 Å². The van der Waals surface area contributed by atoms with Crippen LogP contribution in [0.2, 0.25) is 0 Å². The normalized spacial score (nSPS) is 16.3. The predicted octanol–water partition coefficient (Wildman–Crippen LogP) is 2.37. The summed E-state index contributed by atoms with van der Waals surface area (Å²) in [6.07, 6.45) is 0.342. The zero-order valence-electron chi connectivity index (χ0n) is 18.5. The fourth-order valence-electron chi connectivity index (χ4n) is 4.08. The first kappa shape index (κ1) is 24.3. The number of nitrogens with one attached hydrogen (secondary N) is 1. The number of aromatic carboxylic acids is 1. The lowest BCUT2D eigenvalue weighted by molar-refractivity contribution is -0.178. The largest absolute Gasteiger partial charge is 0.477 e. The van der Waals surface area contributed by atoms with E-state index in [4.69, 9.17) is 0 Å². The molecule has 2 N–H and O–H groups in total. The van der Waals surface area contributed by atoms with Crippen LogP contribution < -0.4 is 10.3 Å². The Labute approximate surface area is 196 Å². The van der Waals surface area contributed by atoms with Gasteiger partial charge in [0.25, 0.3) is 0 Å². The summed E-state index contributed by atoms with van der Waals surface area (Å²) in [6, 6.07) is 2.67. The number of amides is 1. The number of fused-ring (bicyclic) bond motifs is 1. The number of carboxylic acids is 1. The van der Waals surface area contributed by atoms with E-state index in [0.29, 0.717) is 30.0 Å². The molecule has 4 rings (SSSR count). The molecule has 1 aliphatic rings. The highest BCUT2D eigenvalue weighted by molar-refractivity contribution is 5.94. The zero-order valence-corrected chi connectivity index (χ0v) is 18.5. The Bertz CT molecular complexity index is 1260. The van der Waals surface area contributed by atoms with Crippen molar-refractivity contribution in [2.45, 2.75) is 31.5 Å². The number of hydrogen-bond donors (Lipinski definition) is 2. The van der Waals surface area contributed by atoms with Gasteiger partial charge >= 0.3 is 18.1 Å². The molecule has 1 saturated heterocycles. The third kappa shape index (κ3) is 5.16. The number of pyridine rings is 1. The topological polar surface area (TPSA) is 116 Å². The van der Waals surface area contributed by atoms with Gasteiger partial charge in [-0.3, -0.25) is 15.2 Å². The molecule has 1 aliphatic heterocycles. The summed E-state index contributed by atoms with van der Waals surface area (Å²) in [7, 11) is 1.29. The van der Waals surface area contributed by atoms with E-state index in [0.717, 1.165) is 17.6 Å². The summed E-state index contributed by atoms with van der Waals surface area (Å²) in [5.74, 6) is -3.34. The number of aromatic nitrogens is 4. The second-order valence-electron chi connectivity index (χ2n) is 8.07. The number of carbonyl (C=O) groups excluding carboxylic acids is 1. The van der Waals surface area contributed by atoms with E-state index in [1.54, 1.807) is 17.7 Å². The summed E-state index contributed by atoms with van der Waals surface area (Å²) in [4.78, 5) is 33.2. The Hall–Kier alpha value is -3.81. The van der Waals surface area contributed by atoms with Gasteiger partial charge in [-0.15, -0.1) is 0 Å². The van der Waals surface area contributed by atoms with Gasteiger partial charge in [0.1, 0.15) is 17.2 Å². The van der Waals surface area contributed by atoms with Gasteiger partial charge < -0.3 is 10.0 Å². The second kappa shape index (κ2) is 9.44. The van der Waals surface area contributed by atoms with E-state index in [1.807, 2.05) is 4.90 Å². The van der Waals surface area contributed by atoms with Crippen molar-refractivity contribution in [2.75, 3.05) is 25.0 Å². The number of carboxylic acid groups (broad SMARTS) is 1. The number of carbonyl (C=O) groups is 2. The van der Waals surface area contributed by atoms with Gasteiger partial charge in [-0.05, 0) is 30.5 Å². The lowest BCUT2D eigenvalue weighted by Gasteiger charge is -2.28. The fourth-order valence-corrected chi connectivity index (χ4v) is 4.08. The third-order valence-corrected chi connectivity index (χ3v) is 5.70. The Balaban J connectivity index is 1.58. The molecule has 4 heterocycles. The molecule has 0 aromatic carbocycles. The van der Waals surface area contributed by atoms with Crippen molar-refractivity contribution in [2.24, 2.45) is 0 Å². The Morgan fingerprint density at radius 2 is 2.09 bits per heavy atom. The van der Waals surface area contributed by atoms with E-state index >= 15 is 0 Å². The van der Waals surface area contributed by atoms with Crippen LogP contribution in [-0.2, 0) is 11.2 Å². The van der Waals surface area contributed by atoms with E-state index in [-0.39, 0.29) is 30.2 Å². The Morgan fingerprint density at radius 1 is 1.31 bits per heavy atom. The highest BCUT2D eigenvalue weighted by atomic mass is 19.4. The van der Waals surface area contributed by atoms with Crippen molar-refractivity contribution in [1.82, 2.24) is 30.0 Å². The quantitative estimate of drug-likeness (QED) is 0.379. The van der Waals surface area contributed by atoms with Crippen LogP contribution in [0.4, 0.5) is 23.4 Å². The van der Waals surface area contributed by atoms with Gasteiger partial charge in [-0.1, -0.05) is 0 Å². The van der Waals surface area contributed by atoms with E-state index in [9.17, 15) is 32.3 Å². The molecule has 0 spiro atoms. The number of hydrogen-bond acceptors (Lipinski definition) is 7. The molecule has 186 valence electrons. The van der Waals surface area contributed by atoms with Crippen LogP contribution >= 0.6 is 0 Å². The van der Waals surface area contributed by atoms with Gasteiger partial charge in [0.15, 0.2) is 5.65 Å². The molecule has 0 saturated carbocycles. The number of hydrazine groups is 1. The Morgan fingerprint density at radius 3 is 2.80 bits per heavy atom. The molecule has 0 unspecified atom stereocenters. The van der Waals surface area contributed by atoms with Gasteiger partial charge in [-0.25, -0.2) is 23.7 Å². The van der Waals surface area contributed by atoms with Gasteiger partial charge in [0.05, 0.1) is 18.4 Å². The molecule has 0 radical (unpaired) electrons. The Kier molecular flexibility index (Phi) is 6.56. The first-order valence-corrected chi connectivity index (χ1v) is 10.6. The maximum atomic E-state index is 14.2. The maximum Gasteiger partial charge on any atom is 0.472 e. The molecule has 0 aliphatic carbocycles. The van der Waals surface area contributed by atoms with Crippen molar-refractivity contribution in [3.05, 3.63) is 53.4 Å². The molecule has 1 atom stereocenters. The maximum absolute atomic E-state index is 14.2. The second-order valence-corrected chi connectivity index (χ2v) is 8.07. The van der Waals surface area contributed by atoms with Crippen molar-refractivity contribution >= 4 is 23.3 Å². The minimum atomic E-state index is -5.01. The number of rotatable bonds is 7. The number of likely N-dealkylation sites (N-methyl/N-ethyl adjacent to an activating group) is 1. The molecule has 3 aromatic rings. The number of anilines is 1. The molecule has 1 amide bonds. The molecule has 0 bridgehead atoms. The van der Waals surface area contributed by atoms with Crippen molar-refractivity contribution < 1.29 is 32.3 Å². The van der Waals surface area contributed by atoms with Crippen LogP contribution in [0.25, 0.3) is 5.65 Å². The number of alkyl halides is 3. The third-order valence-electron chi connectivity index (χ3n) is 5.70. The lowest BCUT2D eigenvalue weighted by Crippen LogP contribution is -2.46. The SMILES string of the molecule is CN(CCc1ncc(F)cc1[C@H]1CCCN1c1ccn2ncc(C(=O)O)c2n1)NC(=O)C(F)(F)F. The predicted molar refractivity (Wildman–Crippen MR) is 114 cm³/mol. The molecular weight excluding hydrogens is 474 g/mol. The molecule has 10 nitrogen and oxygen atoms in total. The molecule has 1 fully saturated rings. The van der Waals surface area contributed by atoms with E-state index in [2.05, 4.69) is 15.1 Å². The average molecular weight is 495 g/mol. The molecule has 14 heteroatoms.